The van der Waals surface area contributed by atoms with Crippen LogP contribution in [0.3, 0.4) is 0 Å². The highest BCUT2D eigenvalue weighted by molar-refractivity contribution is 6.05. The molecule has 0 aliphatic carbocycles. The summed E-state index contributed by atoms with van der Waals surface area (Å²) in [6, 6.07) is 83.7. The van der Waals surface area contributed by atoms with Crippen LogP contribution in [0.4, 0.5) is 0 Å². The molecular formula is C62H45N5. The van der Waals surface area contributed by atoms with Crippen LogP contribution in [0.2, 0.25) is 0 Å². The van der Waals surface area contributed by atoms with Crippen LogP contribution < -0.4 is 11.1 Å². The smallest absolute Gasteiger partial charge is 0.164 e. The molecule has 318 valence electrons. The predicted molar refractivity (Wildman–Crippen MR) is 277 cm³/mol. The van der Waals surface area contributed by atoms with E-state index in [0.29, 0.717) is 17.5 Å². The van der Waals surface area contributed by atoms with Gasteiger partial charge in [0.25, 0.3) is 0 Å². The molecule has 1 unspecified atom stereocenters. The van der Waals surface area contributed by atoms with Gasteiger partial charge in [-0.2, -0.15) is 0 Å². The van der Waals surface area contributed by atoms with Crippen LogP contribution in [-0.4, -0.2) is 15.0 Å². The molecule has 0 spiro atoms. The van der Waals surface area contributed by atoms with Gasteiger partial charge < -0.3 is 11.1 Å². The molecule has 1 aliphatic heterocycles. The average Bonchev–Trinajstić information content (AvgIpc) is 3.42. The molecule has 10 aromatic rings. The molecule has 1 aliphatic rings. The maximum absolute atomic E-state index is 7.32. The molecule has 0 bridgehead atoms. The standard InChI is InChI=1S/C62H45N5/c63-58(46-29-15-5-16-30-46)57(45-27-13-4-14-28-45)59-54-36-20-35-53(55(54)41-56(64-59)44-25-11-3-12-26-44)48-33-19-34-49(37-48)61-65-60(47-31-17-6-18-32-47)66-62(67-61)52-39-50(42-21-7-1-8-22-42)38-51(40-52)43-23-9-2-10-24-43/h1-41,58,64H,63H2/b59-57-. The fourth-order valence-corrected chi connectivity index (χ4v) is 9.01. The van der Waals surface area contributed by atoms with Gasteiger partial charge in [-0.3, -0.25) is 0 Å². The van der Waals surface area contributed by atoms with Crippen molar-refractivity contribution in [3.05, 3.63) is 270 Å². The van der Waals surface area contributed by atoms with E-state index >= 15 is 0 Å². The van der Waals surface area contributed by atoms with Crippen LogP contribution in [0, 0.1) is 0 Å². The van der Waals surface area contributed by atoms with Gasteiger partial charge in [0.2, 0.25) is 0 Å². The van der Waals surface area contributed by atoms with Crippen molar-refractivity contribution in [1.29, 1.82) is 0 Å². The number of benzene rings is 9. The Morgan fingerprint density at radius 2 is 0.776 bits per heavy atom. The fraction of sp³-hybridized carbons (Fsp3) is 0.0161. The predicted octanol–water partition coefficient (Wildman–Crippen LogP) is 14.5. The first-order valence-corrected chi connectivity index (χ1v) is 22.6. The Kier molecular flexibility index (Phi) is 11.2. The van der Waals surface area contributed by atoms with Crippen molar-refractivity contribution in [3.8, 4) is 67.5 Å². The maximum atomic E-state index is 7.32. The zero-order valence-electron chi connectivity index (χ0n) is 36.7. The highest BCUT2D eigenvalue weighted by Crippen LogP contribution is 2.43. The first kappa shape index (κ1) is 41.0. The lowest BCUT2D eigenvalue weighted by atomic mass is 9.84. The topological polar surface area (TPSA) is 76.7 Å². The third-order valence-electron chi connectivity index (χ3n) is 12.3. The first-order valence-electron chi connectivity index (χ1n) is 22.6. The summed E-state index contributed by atoms with van der Waals surface area (Å²) < 4.78 is 0. The Morgan fingerprint density at radius 1 is 0.358 bits per heavy atom. The van der Waals surface area contributed by atoms with E-state index < -0.39 is 6.04 Å². The number of nitrogens with two attached hydrogens (primary N) is 1. The van der Waals surface area contributed by atoms with Gasteiger partial charge >= 0.3 is 0 Å². The number of hydrogen-bond donors (Lipinski definition) is 2. The van der Waals surface area contributed by atoms with Gasteiger partial charge in [-0.05, 0) is 86.0 Å². The third-order valence-corrected chi connectivity index (χ3v) is 12.3. The summed E-state index contributed by atoms with van der Waals surface area (Å²) in [7, 11) is 0. The number of nitrogens with zero attached hydrogens (tertiary/aromatic N) is 3. The summed E-state index contributed by atoms with van der Waals surface area (Å²) in [5.74, 6) is 1.79. The Hall–Kier alpha value is -8.77. The van der Waals surface area contributed by atoms with Crippen LogP contribution in [0.25, 0.3) is 90.6 Å². The Labute approximate surface area is 391 Å². The van der Waals surface area contributed by atoms with Crippen molar-refractivity contribution < 1.29 is 0 Å². The van der Waals surface area contributed by atoms with Gasteiger partial charge in [-0.15, -0.1) is 0 Å². The summed E-state index contributed by atoms with van der Waals surface area (Å²) in [6.07, 6.45) is 2.27. The van der Waals surface area contributed by atoms with Crippen molar-refractivity contribution in [2.75, 3.05) is 0 Å². The largest absolute Gasteiger partial charge is 0.354 e. The average molecular weight is 860 g/mol. The van der Waals surface area contributed by atoms with Crippen LogP contribution in [0.15, 0.2) is 243 Å². The number of nitrogens with one attached hydrogen (secondary N) is 1. The van der Waals surface area contributed by atoms with E-state index in [1.165, 1.54) is 0 Å². The number of aromatic nitrogens is 3. The van der Waals surface area contributed by atoms with Gasteiger partial charge in [0, 0.05) is 33.5 Å². The lowest BCUT2D eigenvalue weighted by molar-refractivity contribution is 0.928. The molecule has 3 N–H and O–H groups in total. The van der Waals surface area contributed by atoms with E-state index in [2.05, 4.69) is 193 Å². The molecule has 0 amide bonds. The Balaban J connectivity index is 1.09. The monoisotopic (exact) mass is 859 g/mol. The van der Waals surface area contributed by atoms with Gasteiger partial charge in [0.1, 0.15) is 0 Å². The van der Waals surface area contributed by atoms with Crippen LogP contribution in [-0.2, 0) is 0 Å². The minimum absolute atomic E-state index is 0.407. The molecule has 67 heavy (non-hydrogen) atoms. The summed E-state index contributed by atoms with van der Waals surface area (Å²) in [5.41, 5.74) is 24.8. The van der Waals surface area contributed by atoms with E-state index in [1.807, 2.05) is 60.7 Å². The quantitative estimate of drug-likeness (QED) is 0.143. The lowest BCUT2D eigenvalue weighted by Crippen LogP contribution is -2.22. The highest BCUT2D eigenvalue weighted by atomic mass is 15.0. The van der Waals surface area contributed by atoms with E-state index in [-0.39, 0.29) is 0 Å². The van der Waals surface area contributed by atoms with Gasteiger partial charge in [0.05, 0.1) is 11.7 Å². The van der Waals surface area contributed by atoms with E-state index in [4.69, 9.17) is 20.7 Å². The molecule has 5 nitrogen and oxygen atoms in total. The van der Waals surface area contributed by atoms with Gasteiger partial charge in [-0.1, -0.05) is 218 Å². The third kappa shape index (κ3) is 8.51. The summed E-state index contributed by atoms with van der Waals surface area (Å²) >= 11 is 0. The molecule has 1 atom stereocenters. The SMILES string of the molecule is NC(/C(=C1\NC(c2ccccc2)=Cc2c1cccc2-c1cccc(-c2nc(-c3ccccc3)nc(-c3cc(-c4ccccc4)cc(-c4ccccc4)c3)n2)c1)c1ccccc1)c1ccccc1. The minimum Gasteiger partial charge on any atom is -0.354 e. The summed E-state index contributed by atoms with van der Waals surface area (Å²) in [5, 5.41) is 3.90. The molecule has 2 heterocycles. The molecule has 0 fully saturated rings. The summed E-state index contributed by atoms with van der Waals surface area (Å²) in [4.78, 5) is 15.7. The van der Waals surface area contributed by atoms with Crippen molar-refractivity contribution >= 4 is 23.0 Å². The molecule has 9 aromatic carbocycles. The van der Waals surface area contributed by atoms with Crippen LogP contribution in [0.5, 0.6) is 0 Å². The highest BCUT2D eigenvalue weighted by Gasteiger charge is 2.27. The second kappa shape index (κ2) is 18.4. The van der Waals surface area contributed by atoms with Crippen molar-refractivity contribution in [2.24, 2.45) is 5.73 Å². The molecule has 11 rings (SSSR count). The van der Waals surface area contributed by atoms with Crippen LogP contribution in [0.1, 0.15) is 33.9 Å². The van der Waals surface area contributed by atoms with Gasteiger partial charge in [0.15, 0.2) is 17.5 Å². The number of hydrogen-bond acceptors (Lipinski definition) is 5. The van der Waals surface area contributed by atoms with Crippen LogP contribution >= 0.6 is 0 Å². The lowest BCUT2D eigenvalue weighted by Gasteiger charge is -2.29. The Bertz CT molecular complexity index is 3350. The fourth-order valence-electron chi connectivity index (χ4n) is 9.01. The summed E-state index contributed by atoms with van der Waals surface area (Å²) in [6.45, 7) is 0. The van der Waals surface area contributed by atoms with E-state index in [1.54, 1.807) is 0 Å². The molecule has 1 aromatic heterocycles. The minimum atomic E-state index is -0.407. The Morgan fingerprint density at radius 3 is 1.37 bits per heavy atom. The molecule has 5 heteroatoms. The zero-order valence-corrected chi connectivity index (χ0v) is 36.7. The second-order valence-electron chi connectivity index (χ2n) is 16.6. The maximum Gasteiger partial charge on any atom is 0.164 e. The normalized spacial score (nSPS) is 13.2. The first-order chi connectivity index (χ1) is 33.1. The van der Waals surface area contributed by atoms with Crippen molar-refractivity contribution in [1.82, 2.24) is 20.3 Å². The molecule has 0 radical (unpaired) electrons. The number of rotatable bonds is 10. The second-order valence-corrected chi connectivity index (χ2v) is 16.6. The molecular weight excluding hydrogens is 815 g/mol. The molecule has 0 saturated heterocycles. The van der Waals surface area contributed by atoms with Crippen molar-refractivity contribution in [2.45, 2.75) is 6.04 Å². The van der Waals surface area contributed by atoms with E-state index in [9.17, 15) is 0 Å². The van der Waals surface area contributed by atoms with Gasteiger partial charge in [-0.25, -0.2) is 15.0 Å². The molecule has 0 saturated carbocycles. The van der Waals surface area contributed by atoms with E-state index in [0.717, 1.165) is 94.9 Å². The van der Waals surface area contributed by atoms with Crippen molar-refractivity contribution in [3.63, 3.8) is 0 Å². The zero-order chi connectivity index (χ0) is 44.9. The number of fused-ring (bicyclic) bond motifs is 1.